The van der Waals surface area contributed by atoms with Crippen molar-refractivity contribution < 1.29 is 22.3 Å². The molecular weight excluding hydrogens is 176 g/mol. The third-order valence-corrected chi connectivity index (χ3v) is 2.07. The first-order valence-electron chi connectivity index (χ1n) is 3.77. The van der Waals surface area contributed by atoms with Gasteiger partial charge in [-0.25, -0.2) is 0 Å². The first-order chi connectivity index (χ1) is 5.38. The van der Waals surface area contributed by atoms with Crippen LogP contribution in [0, 0.1) is 5.92 Å². The van der Waals surface area contributed by atoms with Gasteiger partial charge >= 0.3 is 12.0 Å². The molecule has 0 N–H and O–H groups in total. The van der Waals surface area contributed by atoms with E-state index in [1.165, 1.54) is 0 Å². The molecule has 0 aliphatic carbocycles. The molecule has 5 heteroatoms. The second kappa shape index (κ2) is 2.87. The van der Waals surface area contributed by atoms with Gasteiger partial charge in [-0.1, -0.05) is 6.92 Å². The lowest BCUT2D eigenvalue weighted by molar-refractivity contribution is -0.352. The Labute approximate surface area is 67.7 Å². The van der Waals surface area contributed by atoms with Crippen LogP contribution in [-0.2, 0) is 4.74 Å². The summed E-state index contributed by atoms with van der Waals surface area (Å²) in [5.41, 5.74) is 0. The molecule has 1 rings (SSSR count). The van der Waals surface area contributed by atoms with E-state index in [0.717, 1.165) is 6.92 Å². The molecule has 1 unspecified atom stereocenters. The van der Waals surface area contributed by atoms with Gasteiger partial charge in [0.15, 0.2) is 0 Å². The number of ether oxygens (including phenoxy) is 1. The summed E-state index contributed by atoms with van der Waals surface area (Å²) in [5, 5.41) is 0. The number of halogens is 4. The average molecular weight is 186 g/mol. The van der Waals surface area contributed by atoms with Crippen LogP contribution in [0.25, 0.3) is 0 Å². The Balaban J connectivity index is 2.86. The molecule has 0 aromatic rings. The fraction of sp³-hybridized carbons (Fsp3) is 1.00. The molecule has 12 heavy (non-hydrogen) atoms. The summed E-state index contributed by atoms with van der Waals surface area (Å²) in [6.45, 7) is 0.815. The van der Waals surface area contributed by atoms with Crippen LogP contribution < -0.4 is 0 Å². The third kappa shape index (κ3) is 1.42. The molecule has 1 fully saturated rings. The standard InChI is InChI=1S/C7H10F4O/c1-5-3-2-4-12-7(10,11)6(5,8)9/h5H,2-4H2,1H3. The largest absolute Gasteiger partial charge is 0.419 e. The van der Waals surface area contributed by atoms with Gasteiger partial charge in [-0.3, -0.25) is 0 Å². The lowest BCUT2D eigenvalue weighted by atomic mass is 9.98. The number of rotatable bonds is 0. The van der Waals surface area contributed by atoms with Crippen molar-refractivity contribution in [1.82, 2.24) is 0 Å². The van der Waals surface area contributed by atoms with Crippen LogP contribution in [0.4, 0.5) is 17.6 Å². The van der Waals surface area contributed by atoms with Gasteiger partial charge in [0.2, 0.25) is 0 Å². The molecule has 1 nitrogen and oxygen atoms in total. The van der Waals surface area contributed by atoms with Crippen LogP contribution in [-0.4, -0.2) is 18.6 Å². The maximum atomic E-state index is 12.8. The highest BCUT2D eigenvalue weighted by Crippen LogP contribution is 2.44. The van der Waals surface area contributed by atoms with Gasteiger partial charge in [-0.2, -0.15) is 17.6 Å². The van der Waals surface area contributed by atoms with Crippen molar-refractivity contribution in [2.45, 2.75) is 31.8 Å². The van der Waals surface area contributed by atoms with Crippen molar-refractivity contribution in [1.29, 1.82) is 0 Å². The fourth-order valence-electron chi connectivity index (χ4n) is 1.15. The molecule has 72 valence electrons. The molecule has 0 amide bonds. The Morgan fingerprint density at radius 2 is 1.83 bits per heavy atom. The number of alkyl halides is 4. The first kappa shape index (κ1) is 9.77. The third-order valence-electron chi connectivity index (χ3n) is 2.07. The van der Waals surface area contributed by atoms with E-state index in [-0.39, 0.29) is 19.4 Å². The summed E-state index contributed by atoms with van der Waals surface area (Å²) in [6, 6.07) is 0. The van der Waals surface area contributed by atoms with E-state index in [9.17, 15) is 17.6 Å². The predicted octanol–water partition coefficient (Wildman–Crippen LogP) is 2.66. The SMILES string of the molecule is CC1CCCOC(F)(F)C1(F)F. The second-order valence-electron chi connectivity index (χ2n) is 3.03. The normalized spacial score (nSPS) is 34.2. The second-order valence-corrected chi connectivity index (χ2v) is 3.03. The molecular formula is C7H10F4O. The monoisotopic (exact) mass is 186 g/mol. The van der Waals surface area contributed by atoms with E-state index in [2.05, 4.69) is 4.74 Å². The van der Waals surface area contributed by atoms with Crippen molar-refractivity contribution in [3.8, 4) is 0 Å². The molecule has 0 bridgehead atoms. The number of hydrogen-bond acceptors (Lipinski definition) is 1. The average Bonchev–Trinajstić information content (AvgIpc) is 2.02. The molecule has 0 aromatic heterocycles. The van der Waals surface area contributed by atoms with E-state index < -0.39 is 17.9 Å². The van der Waals surface area contributed by atoms with Gasteiger partial charge in [0.05, 0.1) is 6.61 Å². The zero-order valence-corrected chi connectivity index (χ0v) is 6.62. The maximum absolute atomic E-state index is 12.8. The van der Waals surface area contributed by atoms with E-state index in [1.54, 1.807) is 0 Å². The topological polar surface area (TPSA) is 9.23 Å². The van der Waals surface area contributed by atoms with Crippen molar-refractivity contribution in [3.63, 3.8) is 0 Å². The Bertz CT molecular complexity index is 169. The Hall–Kier alpha value is -0.320. The molecule has 1 aliphatic heterocycles. The summed E-state index contributed by atoms with van der Waals surface area (Å²) in [5.74, 6) is -5.36. The van der Waals surface area contributed by atoms with Crippen LogP contribution in [0.1, 0.15) is 19.8 Å². The molecule has 1 saturated heterocycles. The Morgan fingerprint density at radius 3 is 2.42 bits per heavy atom. The summed E-state index contributed by atoms with van der Waals surface area (Å²) in [6.07, 6.45) is -3.97. The zero-order chi connectivity index (χ0) is 9.41. The lowest BCUT2D eigenvalue weighted by Crippen LogP contribution is -2.45. The van der Waals surface area contributed by atoms with E-state index in [0.29, 0.717) is 0 Å². The minimum atomic E-state index is -4.30. The minimum Gasteiger partial charge on any atom is -0.316 e. The molecule has 0 spiro atoms. The summed E-state index contributed by atoms with van der Waals surface area (Å²) in [7, 11) is 0. The summed E-state index contributed by atoms with van der Waals surface area (Å²) < 4.78 is 54.4. The van der Waals surface area contributed by atoms with Gasteiger partial charge in [0, 0.05) is 5.92 Å². The van der Waals surface area contributed by atoms with Crippen LogP contribution in [0.15, 0.2) is 0 Å². The maximum Gasteiger partial charge on any atom is 0.419 e. The predicted molar refractivity (Wildman–Crippen MR) is 34.2 cm³/mol. The van der Waals surface area contributed by atoms with Crippen molar-refractivity contribution >= 4 is 0 Å². The highest BCUT2D eigenvalue weighted by molar-refractivity contribution is 4.84. The Kier molecular flexibility index (Phi) is 2.33. The molecule has 1 heterocycles. The van der Waals surface area contributed by atoms with Crippen LogP contribution in [0.3, 0.4) is 0 Å². The highest BCUT2D eigenvalue weighted by atomic mass is 19.3. The van der Waals surface area contributed by atoms with E-state index >= 15 is 0 Å². The van der Waals surface area contributed by atoms with Crippen molar-refractivity contribution in [2.24, 2.45) is 5.92 Å². The lowest BCUT2D eigenvalue weighted by Gasteiger charge is -2.27. The molecule has 0 radical (unpaired) electrons. The van der Waals surface area contributed by atoms with Crippen LogP contribution in [0.2, 0.25) is 0 Å². The quantitative estimate of drug-likeness (QED) is 0.528. The Morgan fingerprint density at radius 1 is 1.25 bits per heavy atom. The van der Waals surface area contributed by atoms with Gasteiger partial charge in [0.25, 0.3) is 0 Å². The fourth-order valence-corrected chi connectivity index (χ4v) is 1.15. The first-order valence-corrected chi connectivity index (χ1v) is 3.77. The smallest absolute Gasteiger partial charge is 0.316 e. The van der Waals surface area contributed by atoms with Gasteiger partial charge in [-0.05, 0) is 12.8 Å². The van der Waals surface area contributed by atoms with Crippen LogP contribution >= 0.6 is 0 Å². The van der Waals surface area contributed by atoms with E-state index in [4.69, 9.17) is 0 Å². The van der Waals surface area contributed by atoms with Gasteiger partial charge in [0.1, 0.15) is 0 Å². The van der Waals surface area contributed by atoms with Gasteiger partial charge < -0.3 is 4.74 Å². The summed E-state index contributed by atoms with van der Waals surface area (Å²) in [4.78, 5) is 0. The minimum absolute atomic E-state index is 0.0720. The molecule has 0 saturated carbocycles. The highest BCUT2D eigenvalue weighted by Gasteiger charge is 2.61. The summed E-state index contributed by atoms with van der Waals surface area (Å²) >= 11 is 0. The van der Waals surface area contributed by atoms with Gasteiger partial charge in [-0.15, -0.1) is 0 Å². The van der Waals surface area contributed by atoms with Crippen LogP contribution in [0.5, 0.6) is 0 Å². The van der Waals surface area contributed by atoms with Crippen molar-refractivity contribution in [2.75, 3.05) is 6.61 Å². The molecule has 1 aliphatic rings. The zero-order valence-electron chi connectivity index (χ0n) is 6.62. The van der Waals surface area contributed by atoms with E-state index in [1.807, 2.05) is 0 Å². The van der Waals surface area contributed by atoms with Crippen molar-refractivity contribution in [3.05, 3.63) is 0 Å². The molecule has 1 atom stereocenters. The molecule has 0 aromatic carbocycles. The number of hydrogen-bond donors (Lipinski definition) is 0.